The molecule has 0 bridgehead atoms. The van der Waals surface area contributed by atoms with E-state index in [2.05, 4.69) is 5.32 Å². The molecule has 7 nitrogen and oxygen atoms in total. The van der Waals surface area contributed by atoms with Gasteiger partial charge in [0.15, 0.2) is 0 Å². The van der Waals surface area contributed by atoms with E-state index in [0.717, 1.165) is 21.7 Å². The lowest BCUT2D eigenvalue weighted by molar-refractivity contribution is -0.140. The van der Waals surface area contributed by atoms with Crippen LogP contribution in [0.5, 0.6) is 0 Å². The summed E-state index contributed by atoms with van der Waals surface area (Å²) in [6.07, 6.45) is 1.44. The summed E-state index contributed by atoms with van der Waals surface area (Å²) in [6, 6.07) is 13.1. The molecule has 2 aromatic carbocycles. The van der Waals surface area contributed by atoms with E-state index >= 15 is 0 Å². The molecule has 2 rings (SSSR count). The Morgan fingerprint density at radius 1 is 1.09 bits per heavy atom. The Bertz CT molecular complexity index is 1070. The van der Waals surface area contributed by atoms with Crippen molar-refractivity contribution in [1.29, 1.82) is 0 Å². The quantitative estimate of drug-likeness (QED) is 0.546. The monoisotopic (exact) mass is 493 g/mol. The Morgan fingerprint density at radius 3 is 2.24 bits per heavy atom. The van der Waals surface area contributed by atoms with Crippen molar-refractivity contribution >= 4 is 39.1 Å². The van der Waals surface area contributed by atoms with Gasteiger partial charge in [-0.3, -0.25) is 13.9 Å². The van der Waals surface area contributed by atoms with Crippen molar-refractivity contribution < 1.29 is 18.0 Å². The van der Waals surface area contributed by atoms with Crippen LogP contribution in [0, 0.1) is 6.92 Å². The number of carbonyl (C=O) groups excluding carboxylic acids is 2. The summed E-state index contributed by atoms with van der Waals surface area (Å²) in [5, 5.41) is 3.42. The van der Waals surface area contributed by atoms with Crippen LogP contribution in [0.4, 0.5) is 5.69 Å². The van der Waals surface area contributed by atoms with Gasteiger partial charge in [0.2, 0.25) is 21.8 Å². The third kappa shape index (κ3) is 7.75. The van der Waals surface area contributed by atoms with E-state index in [0.29, 0.717) is 17.1 Å². The van der Waals surface area contributed by atoms with Crippen molar-refractivity contribution in [1.82, 2.24) is 10.2 Å². The molecule has 0 aliphatic rings. The molecule has 0 spiro atoms. The number of sulfonamides is 1. The van der Waals surface area contributed by atoms with Crippen LogP contribution in [0.15, 0.2) is 48.5 Å². The summed E-state index contributed by atoms with van der Waals surface area (Å²) < 4.78 is 26.2. The molecule has 0 unspecified atom stereocenters. The highest BCUT2D eigenvalue weighted by Crippen LogP contribution is 2.21. The van der Waals surface area contributed by atoms with Gasteiger partial charge in [-0.2, -0.15) is 0 Å². The topological polar surface area (TPSA) is 86.8 Å². The molecule has 1 N–H and O–H groups in total. The number of halogens is 1. The third-order valence-corrected chi connectivity index (χ3v) is 6.44. The molecule has 0 aliphatic heterocycles. The summed E-state index contributed by atoms with van der Waals surface area (Å²) >= 11 is 5.99. The van der Waals surface area contributed by atoms with Crippen LogP contribution in [0.3, 0.4) is 0 Å². The minimum atomic E-state index is -3.75. The molecule has 1 atom stereocenters. The Labute approximate surface area is 201 Å². The number of rotatable bonds is 10. The van der Waals surface area contributed by atoms with E-state index in [1.165, 1.54) is 4.90 Å². The van der Waals surface area contributed by atoms with Crippen LogP contribution >= 0.6 is 11.6 Å². The zero-order valence-corrected chi connectivity index (χ0v) is 21.3. The largest absolute Gasteiger partial charge is 0.352 e. The number of hydrogen-bond donors (Lipinski definition) is 1. The minimum absolute atomic E-state index is 0.0983. The number of nitrogens with zero attached hydrogens (tertiary/aromatic N) is 2. The molecule has 0 aromatic heterocycles. The van der Waals surface area contributed by atoms with Gasteiger partial charge in [-0.15, -0.1) is 0 Å². The Kier molecular flexibility index (Phi) is 9.31. The van der Waals surface area contributed by atoms with Gasteiger partial charge in [-0.05, 0) is 62.6 Å². The lowest BCUT2D eigenvalue weighted by Crippen LogP contribution is -2.53. The highest BCUT2D eigenvalue weighted by Gasteiger charge is 2.31. The molecule has 2 amide bonds. The zero-order valence-electron chi connectivity index (χ0n) is 19.7. The van der Waals surface area contributed by atoms with Crippen molar-refractivity contribution in [2.24, 2.45) is 0 Å². The molecular formula is C24H32ClN3O4S. The second-order valence-electron chi connectivity index (χ2n) is 8.34. The maximum Gasteiger partial charge on any atom is 0.244 e. The van der Waals surface area contributed by atoms with Gasteiger partial charge in [0.25, 0.3) is 0 Å². The first kappa shape index (κ1) is 26.7. The van der Waals surface area contributed by atoms with E-state index in [4.69, 9.17) is 11.6 Å². The second kappa shape index (κ2) is 11.5. The predicted molar refractivity (Wildman–Crippen MR) is 133 cm³/mol. The van der Waals surface area contributed by atoms with Crippen molar-refractivity contribution in [2.45, 2.75) is 52.7 Å². The normalized spacial score (nSPS) is 12.3. The number of hydrogen-bond acceptors (Lipinski definition) is 4. The van der Waals surface area contributed by atoms with E-state index < -0.39 is 28.5 Å². The molecule has 2 aromatic rings. The average molecular weight is 494 g/mol. The maximum absolute atomic E-state index is 13.5. The Hall–Kier alpha value is -2.58. The van der Waals surface area contributed by atoms with Gasteiger partial charge in [0.1, 0.15) is 12.6 Å². The van der Waals surface area contributed by atoms with Crippen LogP contribution in [-0.2, 0) is 26.2 Å². The molecule has 0 saturated heterocycles. The lowest BCUT2D eigenvalue weighted by atomic mass is 10.1. The molecular weight excluding hydrogens is 462 g/mol. The van der Waals surface area contributed by atoms with Gasteiger partial charge >= 0.3 is 0 Å². The first-order chi connectivity index (χ1) is 15.4. The highest BCUT2D eigenvalue weighted by molar-refractivity contribution is 7.92. The van der Waals surface area contributed by atoms with Crippen molar-refractivity contribution in [2.75, 3.05) is 17.1 Å². The van der Waals surface area contributed by atoms with Crippen LogP contribution < -0.4 is 9.62 Å². The highest BCUT2D eigenvalue weighted by atomic mass is 35.5. The summed E-state index contributed by atoms with van der Waals surface area (Å²) in [5.74, 6) is -0.751. The minimum Gasteiger partial charge on any atom is -0.352 e. The Morgan fingerprint density at radius 2 is 1.73 bits per heavy atom. The maximum atomic E-state index is 13.5. The summed E-state index contributed by atoms with van der Waals surface area (Å²) in [6.45, 7) is 7.09. The van der Waals surface area contributed by atoms with E-state index in [1.54, 1.807) is 42.5 Å². The van der Waals surface area contributed by atoms with E-state index in [1.807, 2.05) is 33.8 Å². The molecule has 0 heterocycles. The molecule has 0 aliphatic carbocycles. The molecule has 0 radical (unpaired) electrons. The van der Waals surface area contributed by atoms with Gasteiger partial charge in [0.05, 0.1) is 11.9 Å². The summed E-state index contributed by atoms with van der Waals surface area (Å²) in [7, 11) is -3.75. The van der Waals surface area contributed by atoms with Crippen LogP contribution in [0.1, 0.15) is 38.3 Å². The fourth-order valence-corrected chi connectivity index (χ4v) is 4.45. The molecule has 0 fully saturated rings. The third-order valence-electron chi connectivity index (χ3n) is 5.05. The van der Waals surface area contributed by atoms with E-state index in [-0.39, 0.29) is 18.5 Å². The number of benzene rings is 2. The van der Waals surface area contributed by atoms with Crippen molar-refractivity contribution in [3.05, 3.63) is 64.7 Å². The van der Waals surface area contributed by atoms with Crippen molar-refractivity contribution in [3.8, 4) is 0 Å². The van der Waals surface area contributed by atoms with Crippen molar-refractivity contribution in [3.63, 3.8) is 0 Å². The average Bonchev–Trinajstić information content (AvgIpc) is 2.71. The first-order valence-corrected chi connectivity index (χ1v) is 13.0. The first-order valence-electron chi connectivity index (χ1n) is 10.8. The van der Waals surface area contributed by atoms with Crippen LogP contribution in [-0.4, -0.2) is 50.0 Å². The summed E-state index contributed by atoms with van der Waals surface area (Å²) in [5.41, 5.74) is 2.05. The Balaban J connectivity index is 2.43. The lowest BCUT2D eigenvalue weighted by Gasteiger charge is -2.33. The number of carbonyl (C=O) groups is 2. The predicted octanol–water partition coefficient (Wildman–Crippen LogP) is 3.75. The second-order valence-corrected chi connectivity index (χ2v) is 10.7. The molecule has 180 valence electrons. The number of amides is 2. The standard InChI is InChI=1S/C24H32ClN3O4S/c1-6-22(24(30)26-17(2)3)27(15-19-10-12-20(25)13-11-19)23(29)16-28(33(5,31)32)21-9-7-8-18(4)14-21/h7-14,17,22H,6,15-16H2,1-5H3,(H,26,30)/t22-/m1/s1. The van der Waals surface area contributed by atoms with Crippen LogP contribution in [0.2, 0.25) is 5.02 Å². The van der Waals surface area contributed by atoms with Gasteiger partial charge in [0, 0.05) is 17.6 Å². The van der Waals surface area contributed by atoms with Gasteiger partial charge in [-0.25, -0.2) is 8.42 Å². The molecule has 9 heteroatoms. The van der Waals surface area contributed by atoms with E-state index in [9.17, 15) is 18.0 Å². The summed E-state index contributed by atoms with van der Waals surface area (Å²) in [4.78, 5) is 27.9. The van der Waals surface area contributed by atoms with Gasteiger partial charge < -0.3 is 10.2 Å². The SMILES string of the molecule is CC[C@H](C(=O)NC(C)C)N(Cc1ccc(Cl)cc1)C(=O)CN(c1cccc(C)c1)S(C)(=O)=O. The van der Waals surface area contributed by atoms with Gasteiger partial charge in [-0.1, -0.05) is 42.8 Å². The van der Waals surface area contributed by atoms with Crippen LogP contribution in [0.25, 0.3) is 0 Å². The number of anilines is 1. The molecule has 0 saturated carbocycles. The zero-order chi connectivity index (χ0) is 24.8. The number of nitrogens with one attached hydrogen (secondary N) is 1. The smallest absolute Gasteiger partial charge is 0.244 e. The number of aryl methyl sites for hydroxylation is 1. The fourth-order valence-electron chi connectivity index (χ4n) is 3.48. The molecule has 33 heavy (non-hydrogen) atoms. The fraction of sp³-hybridized carbons (Fsp3) is 0.417.